The molecule has 1 N–H and O–H groups in total. The molecule has 0 heterocycles. The van der Waals surface area contributed by atoms with Gasteiger partial charge in [-0.15, -0.1) is 0 Å². The molecule has 1 fully saturated rings. The molecule has 0 bridgehead atoms. The summed E-state index contributed by atoms with van der Waals surface area (Å²) in [5.41, 5.74) is 2.08. The van der Waals surface area contributed by atoms with E-state index in [2.05, 4.69) is 21.2 Å². The van der Waals surface area contributed by atoms with Crippen molar-refractivity contribution in [2.24, 2.45) is 0 Å². The van der Waals surface area contributed by atoms with Crippen LogP contribution < -0.4 is 10.1 Å². The first-order valence-electron chi connectivity index (χ1n) is 10.6. The highest BCUT2D eigenvalue weighted by Crippen LogP contribution is 2.28. The van der Waals surface area contributed by atoms with E-state index in [0.717, 1.165) is 36.8 Å². The van der Waals surface area contributed by atoms with Crippen LogP contribution in [-0.2, 0) is 16.1 Å². The second-order valence-electron chi connectivity index (χ2n) is 7.98. The summed E-state index contributed by atoms with van der Waals surface area (Å²) in [5, 5.41) is 3.68. The summed E-state index contributed by atoms with van der Waals surface area (Å²) >= 11 is 9.38. The van der Waals surface area contributed by atoms with E-state index in [1.165, 1.54) is 0 Å². The average Bonchev–Trinajstić information content (AvgIpc) is 3.25. The first kappa shape index (κ1) is 23.6. The molecule has 1 atom stereocenters. The number of nitrogens with zero attached hydrogens (tertiary/aromatic N) is 1. The van der Waals surface area contributed by atoms with E-state index < -0.39 is 6.04 Å². The molecule has 1 saturated carbocycles. The quantitative estimate of drug-likeness (QED) is 0.530. The maximum Gasteiger partial charge on any atom is 0.261 e. The number of carbonyl (C=O) groups is 2. The van der Waals surface area contributed by atoms with Gasteiger partial charge in [-0.1, -0.05) is 48.7 Å². The average molecular weight is 508 g/mol. The highest BCUT2D eigenvalue weighted by atomic mass is 79.9. The van der Waals surface area contributed by atoms with Crippen LogP contribution in [0.15, 0.2) is 46.9 Å². The zero-order valence-electron chi connectivity index (χ0n) is 17.9. The van der Waals surface area contributed by atoms with Gasteiger partial charge in [0.2, 0.25) is 5.91 Å². The number of aryl methyl sites for hydroxylation is 1. The van der Waals surface area contributed by atoms with Gasteiger partial charge in [-0.25, -0.2) is 0 Å². The second-order valence-corrected chi connectivity index (χ2v) is 9.27. The summed E-state index contributed by atoms with van der Waals surface area (Å²) in [4.78, 5) is 27.7. The maximum atomic E-state index is 13.2. The number of hydrogen-bond acceptors (Lipinski definition) is 3. The van der Waals surface area contributed by atoms with Crippen molar-refractivity contribution in [3.05, 3.63) is 63.1 Å². The van der Waals surface area contributed by atoms with Crippen molar-refractivity contribution in [3.63, 3.8) is 0 Å². The van der Waals surface area contributed by atoms with E-state index in [9.17, 15) is 9.59 Å². The normalized spacial score (nSPS) is 14.8. The summed E-state index contributed by atoms with van der Waals surface area (Å²) in [6, 6.07) is 12.6. The molecule has 0 spiro atoms. The highest BCUT2D eigenvalue weighted by Gasteiger charge is 2.29. The van der Waals surface area contributed by atoms with Crippen LogP contribution in [0.2, 0.25) is 5.02 Å². The maximum absolute atomic E-state index is 13.2. The third-order valence-electron chi connectivity index (χ3n) is 5.72. The Hall–Kier alpha value is -2.05. The molecular weight excluding hydrogens is 480 g/mol. The number of hydrogen-bond donors (Lipinski definition) is 1. The van der Waals surface area contributed by atoms with Crippen molar-refractivity contribution in [1.29, 1.82) is 0 Å². The molecule has 0 radical (unpaired) electrons. The van der Waals surface area contributed by atoms with Crippen LogP contribution in [-0.4, -0.2) is 35.4 Å². The van der Waals surface area contributed by atoms with Crippen molar-refractivity contribution in [1.82, 2.24) is 10.2 Å². The van der Waals surface area contributed by atoms with Gasteiger partial charge in [-0.2, -0.15) is 0 Å². The van der Waals surface area contributed by atoms with Crippen LogP contribution >= 0.6 is 27.5 Å². The van der Waals surface area contributed by atoms with Crippen LogP contribution in [0.25, 0.3) is 0 Å². The third kappa shape index (κ3) is 6.47. The minimum Gasteiger partial charge on any atom is -0.483 e. The Balaban J connectivity index is 1.74. The van der Waals surface area contributed by atoms with Gasteiger partial charge in [0.25, 0.3) is 5.91 Å². The van der Waals surface area contributed by atoms with E-state index in [0.29, 0.717) is 21.8 Å². The Morgan fingerprint density at radius 2 is 1.94 bits per heavy atom. The smallest absolute Gasteiger partial charge is 0.261 e. The molecule has 1 aliphatic carbocycles. The standard InChI is InChI=1S/C24H28BrClN2O3/c1-16-7-3-4-8-18(16)14-28(17(2)24(30)27-20-9-5-6-10-20)23(29)15-31-22-12-11-19(26)13-21(22)25/h3-4,7-8,11-13,17,20H,5-6,9-10,14-15H2,1-2H3,(H,27,30). The molecule has 1 unspecified atom stereocenters. The molecule has 7 heteroatoms. The zero-order valence-corrected chi connectivity index (χ0v) is 20.2. The number of halogens is 2. The Labute approximate surface area is 197 Å². The molecule has 0 saturated heterocycles. The van der Waals surface area contributed by atoms with Gasteiger partial charge in [0.1, 0.15) is 11.8 Å². The SMILES string of the molecule is Cc1ccccc1CN(C(=O)COc1ccc(Cl)cc1Br)C(C)C(=O)NC1CCCC1. The fourth-order valence-corrected chi connectivity index (χ4v) is 4.56. The summed E-state index contributed by atoms with van der Waals surface area (Å²) < 4.78 is 6.41. The molecule has 2 amide bonds. The Morgan fingerprint density at radius 1 is 1.23 bits per heavy atom. The lowest BCUT2D eigenvalue weighted by Crippen LogP contribution is -2.50. The zero-order chi connectivity index (χ0) is 22.4. The Kier molecular flexibility index (Phi) is 8.38. The van der Waals surface area contributed by atoms with Gasteiger partial charge in [-0.3, -0.25) is 9.59 Å². The van der Waals surface area contributed by atoms with Gasteiger partial charge in [0, 0.05) is 17.6 Å². The molecule has 166 valence electrons. The molecule has 2 aromatic carbocycles. The number of rotatable bonds is 8. The Bertz CT molecular complexity index is 931. The number of benzene rings is 2. The van der Waals surface area contributed by atoms with Crippen molar-refractivity contribution in [3.8, 4) is 5.75 Å². The lowest BCUT2D eigenvalue weighted by Gasteiger charge is -2.30. The molecule has 31 heavy (non-hydrogen) atoms. The van der Waals surface area contributed by atoms with Gasteiger partial charge in [-0.05, 0) is 71.9 Å². The molecular formula is C24H28BrClN2O3. The second kappa shape index (κ2) is 11.0. The van der Waals surface area contributed by atoms with E-state index in [-0.39, 0.29) is 24.5 Å². The third-order valence-corrected chi connectivity index (χ3v) is 6.57. The van der Waals surface area contributed by atoms with E-state index in [1.807, 2.05) is 31.2 Å². The summed E-state index contributed by atoms with van der Waals surface area (Å²) in [6.45, 7) is 3.95. The molecule has 0 aromatic heterocycles. The molecule has 3 rings (SSSR count). The van der Waals surface area contributed by atoms with E-state index in [4.69, 9.17) is 16.3 Å². The first-order valence-corrected chi connectivity index (χ1v) is 11.7. The Morgan fingerprint density at radius 3 is 2.61 bits per heavy atom. The van der Waals surface area contributed by atoms with Gasteiger partial charge >= 0.3 is 0 Å². The van der Waals surface area contributed by atoms with E-state index in [1.54, 1.807) is 30.0 Å². The monoisotopic (exact) mass is 506 g/mol. The van der Waals surface area contributed by atoms with Crippen LogP contribution in [0.5, 0.6) is 5.75 Å². The van der Waals surface area contributed by atoms with Crippen LogP contribution in [0.4, 0.5) is 0 Å². The van der Waals surface area contributed by atoms with Crippen molar-refractivity contribution < 1.29 is 14.3 Å². The minimum absolute atomic E-state index is 0.124. The van der Waals surface area contributed by atoms with Crippen LogP contribution in [0.1, 0.15) is 43.7 Å². The largest absolute Gasteiger partial charge is 0.483 e. The van der Waals surface area contributed by atoms with Crippen molar-refractivity contribution in [2.45, 2.75) is 58.2 Å². The highest BCUT2D eigenvalue weighted by molar-refractivity contribution is 9.10. The fraction of sp³-hybridized carbons (Fsp3) is 0.417. The molecule has 5 nitrogen and oxygen atoms in total. The number of nitrogens with one attached hydrogen (secondary N) is 1. The van der Waals surface area contributed by atoms with E-state index >= 15 is 0 Å². The number of carbonyl (C=O) groups excluding carboxylic acids is 2. The van der Waals surface area contributed by atoms with Crippen molar-refractivity contribution >= 4 is 39.3 Å². The minimum atomic E-state index is -0.607. The van der Waals surface area contributed by atoms with Crippen LogP contribution in [0, 0.1) is 6.92 Å². The van der Waals surface area contributed by atoms with Crippen molar-refractivity contribution in [2.75, 3.05) is 6.61 Å². The molecule has 0 aliphatic heterocycles. The predicted molar refractivity (Wildman–Crippen MR) is 126 cm³/mol. The summed E-state index contributed by atoms with van der Waals surface area (Å²) in [7, 11) is 0. The van der Waals surface area contributed by atoms with Crippen LogP contribution in [0.3, 0.4) is 0 Å². The van der Waals surface area contributed by atoms with Gasteiger partial charge in [0.15, 0.2) is 6.61 Å². The van der Waals surface area contributed by atoms with Gasteiger partial charge < -0.3 is 15.0 Å². The topological polar surface area (TPSA) is 58.6 Å². The fourth-order valence-electron chi connectivity index (χ4n) is 3.76. The first-order chi connectivity index (χ1) is 14.8. The lowest BCUT2D eigenvalue weighted by molar-refractivity contribution is -0.142. The number of ether oxygens (including phenoxy) is 1. The molecule has 2 aromatic rings. The summed E-state index contributed by atoms with van der Waals surface area (Å²) in [5.74, 6) is 0.150. The predicted octanol–water partition coefficient (Wildman–Crippen LogP) is 5.27. The van der Waals surface area contributed by atoms with Gasteiger partial charge in [0.05, 0.1) is 4.47 Å². The molecule has 1 aliphatic rings. The lowest BCUT2D eigenvalue weighted by atomic mass is 10.1. The summed E-state index contributed by atoms with van der Waals surface area (Å²) in [6.07, 6.45) is 4.26. The number of amides is 2.